The van der Waals surface area contributed by atoms with Crippen LogP contribution in [0, 0.1) is 0 Å². The van der Waals surface area contributed by atoms with Gasteiger partial charge in [0.25, 0.3) is 0 Å². The summed E-state index contributed by atoms with van der Waals surface area (Å²) in [5, 5.41) is 10.1. The Bertz CT molecular complexity index is 802. The van der Waals surface area contributed by atoms with Crippen LogP contribution in [-0.4, -0.2) is 37.8 Å². The summed E-state index contributed by atoms with van der Waals surface area (Å²) in [6.07, 6.45) is 1.79. The molecule has 5 heteroatoms. The van der Waals surface area contributed by atoms with Crippen LogP contribution in [0.2, 0.25) is 0 Å². The number of ether oxygens (including phenoxy) is 3. The lowest BCUT2D eigenvalue weighted by Gasteiger charge is -2.34. The molecule has 24 heavy (non-hydrogen) atoms. The molecule has 0 saturated carbocycles. The normalized spacial score (nSPS) is 18.9. The fourth-order valence-corrected chi connectivity index (χ4v) is 3.73. The van der Waals surface area contributed by atoms with Crippen molar-refractivity contribution in [2.24, 2.45) is 0 Å². The maximum atomic E-state index is 10.1. The third kappa shape index (κ3) is 2.19. The fourth-order valence-electron chi connectivity index (χ4n) is 3.73. The zero-order valence-corrected chi connectivity index (χ0v) is 14.1. The van der Waals surface area contributed by atoms with Gasteiger partial charge < -0.3 is 19.3 Å². The first-order chi connectivity index (χ1) is 11.6. The predicted molar refractivity (Wildman–Crippen MR) is 90.5 cm³/mol. The third-order valence-electron chi connectivity index (χ3n) is 5.06. The van der Waals surface area contributed by atoms with Crippen LogP contribution in [0.1, 0.15) is 22.7 Å². The molecular weight excluding hydrogens is 306 g/mol. The van der Waals surface area contributed by atoms with Crippen LogP contribution in [0.25, 0.3) is 0 Å². The van der Waals surface area contributed by atoms with Gasteiger partial charge in [-0.2, -0.15) is 0 Å². The van der Waals surface area contributed by atoms with E-state index in [-0.39, 0.29) is 11.8 Å². The molecule has 0 unspecified atom stereocenters. The highest BCUT2D eigenvalue weighted by Crippen LogP contribution is 2.50. The molecule has 0 spiro atoms. The van der Waals surface area contributed by atoms with Gasteiger partial charge in [-0.25, -0.2) is 0 Å². The average molecular weight is 327 g/mol. The highest BCUT2D eigenvalue weighted by atomic mass is 16.5. The molecule has 0 amide bonds. The van der Waals surface area contributed by atoms with E-state index in [2.05, 4.69) is 18.0 Å². The zero-order chi connectivity index (χ0) is 16.8. The molecule has 2 heterocycles. The Morgan fingerprint density at radius 3 is 2.67 bits per heavy atom. The highest BCUT2D eigenvalue weighted by Gasteiger charge is 2.34. The lowest BCUT2D eigenvalue weighted by atomic mass is 9.88. The molecule has 1 atom stereocenters. The first-order valence-corrected chi connectivity index (χ1v) is 8.10. The maximum absolute atomic E-state index is 10.1. The first kappa shape index (κ1) is 15.1. The van der Waals surface area contributed by atoms with Gasteiger partial charge in [0.05, 0.1) is 14.2 Å². The SMILES string of the molecule is COc1cc2c(cc1O)Oc1c(OC)ccc3c1[C@H](C2)N(C)CC3. The number of hydrogen-bond donors (Lipinski definition) is 1. The number of likely N-dealkylation sites (N-methyl/N-ethyl adjacent to an activating group) is 1. The Hall–Kier alpha value is -2.40. The van der Waals surface area contributed by atoms with Gasteiger partial charge in [-0.3, -0.25) is 4.90 Å². The van der Waals surface area contributed by atoms with Gasteiger partial charge >= 0.3 is 0 Å². The molecule has 0 bridgehead atoms. The molecule has 2 aliphatic rings. The average Bonchev–Trinajstić information content (AvgIpc) is 2.75. The van der Waals surface area contributed by atoms with Crippen LogP contribution in [0.5, 0.6) is 28.7 Å². The molecule has 2 aliphatic heterocycles. The highest BCUT2D eigenvalue weighted by molar-refractivity contribution is 5.60. The molecule has 126 valence electrons. The summed E-state index contributed by atoms with van der Waals surface area (Å²) in [4.78, 5) is 2.35. The van der Waals surface area contributed by atoms with Crippen molar-refractivity contribution >= 4 is 0 Å². The van der Waals surface area contributed by atoms with E-state index in [0.29, 0.717) is 11.5 Å². The monoisotopic (exact) mass is 327 g/mol. The van der Waals surface area contributed by atoms with Crippen LogP contribution in [0.15, 0.2) is 24.3 Å². The van der Waals surface area contributed by atoms with Gasteiger partial charge in [-0.1, -0.05) is 6.07 Å². The molecule has 0 aromatic heterocycles. The van der Waals surface area contributed by atoms with Crippen LogP contribution in [-0.2, 0) is 12.8 Å². The van der Waals surface area contributed by atoms with E-state index in [1.54, 1.807) is 20.3 Å². The van der Waals surface area contributed by atoms with Crippen molar-refractivity contribution < 1.29 is 19.3 Å². The van der Waals surface area contributed by atoms with E-state index < -0.39 is 0 Å². The molecule has 0 radical (unpaired) electrons. The van der Waals surface area contributed by atoms with Gasteiger partial charge in [-0.15, -0.1) is 0 Å². The predicted octanol–water partition coefficient (Wildman–Crippen LogP) is 3.29. The minimum absolute atomic E-state index is 0.0783. The molecular formula is C19H21NO4. The van der Waals surface area contributed by atoms with E-state index in [1.165, 1.54) is 11.1 Å². The van der Waals surface area contributed by atoms with E-state index in [9.17, 15) is 5.11 Å². The van der Waals surface area contributed by atoms with Gasteiger partial charge in [0.2, 0.25) is 0 Å². The summed E-state index contributed by atoms with van der Waals surface area (Å²) in [5.74, 6) is 2.68. The number of fused-ring (bicyclic) bond motifs is 1. The van der Waals surface area contributed by atoms with Crippen molar-refractivity contribution in [3.63, 3.8) is 0 Å². The Morgan fingerprint density at radius 1 is 1.12 bits per heavy atom. The third-order valence-corrected chi connectivity index (χ3v) is 5.06. The van der Waals surface area contributed by atoms with Crippen molar-refractivity contribution in [2.45, 2.75) is 18.9 Å². The van der Waals surface area contributed by atoms with E-state index >= 15 is 0 Å². The Balaban J connectivity index is 1.94. The molecule has 0 fully saturated rings. The smallest absolute Gasteiger partial charge is 0.174 e. The largest absolute Gasteiger partial charge is 0.504 e. The summed E-state index contributed by atoms with van der Waals surface area (Å²) in [7, 11) is 5.35. The summed E-state index contributed by atoms with van der Waals surface area (Å²) >= 11 is 0. The maximum Gasteiger partial charge on any atom is 0.174 e. The Morgan fingerprint density at radius 2 is 1.92 bits per heavy atom. The minimum Gasteiger partial charge on any atom is -0.504 e. The molecule has 2 aromatic carbocycles. The number of aromatic hydroxyl groups is 1. The Kier molecular flexibility index (Phi) is 3.53. The summed E-state index contributed by atoms with van der Waals surface area (Å²) in [6.45, 7) is 1.01. The second-order valence-electron chi connectivity index (χ2n) is 6.35. The van der Waals surface area contributed by atoms with Crippen LogP contribution in [0.4, 0.5) is 0 Å². The number of phenolic OH excluding ortho intramolecular Hbond substituents is 1. The quantitative estimate of drug-likeness (QED) is 0.917. The Labute approximate surface area is 141 Å². The fraction of sp³-hybridized carbons (Fsp3) is 0.368. The lowest BCUT2D eigenvalue weighted by Crippen LogP contribution is -2.33. The zero-order valence-electron chi connectivity index (χ0n) is 14.1. The van der Waals surface area contributed by atoms with Crippen molar-refractivity contribution in [1.82, 2.24) is 4.90 Å². The topological polar surface area (TPSA) is 51.2 Å². The summed E-state index contributed by atoms with van der Waals surface area (Å²) < 4.78 is 17.0. The van der Waals surface area contributed by atoms with Crippen molar-refractivity contribution in [1.29, 1.82) is 0 Å². The number of rotatable bonds is 2. The second-order valence-corrected chi connectivity index (χ2v) is 6.35. The molecule has 0 aliphatic carbocycles. The summed E-state index contributed by atoms with van der Waals surface area (Å²) in [5.41, 5.74) is 3.52. The lowest BCUT2D eigenvalue weighted by molar-refractivity contribution is 0.228. The number of methoxy groups -OCH3 is 2. The number of benzene rings is 2. The molecule has 5 nitrogen and oxygen atoms in total. The second kappa shape index (κ2) is 5.60. The van der Waals surface area contributed by atoms with E-state index in [4.69, 9.17) is 14.2 Å². The van der Waals surface area contributed by atoms with Gasteiger partial charge in [-0.05, 0) is 37.6 Å². The molecule has 2 aromatic rings. The van der Waals surface area contributed by atoms with Crippen LogP contribution < -0.4 is 14.2 Å². The summed E-state index contributed by atoms with van der Waals surface area (Å²) in [6, 6.07) is 7.81. The van der Waals surface area contributed by atoms with Crippen LogP contribution in [0.3, 0.4) is 0 Å². The number of hydrogen-bond acceptors (Lipinski definition) is 5. The molecule has 4 rings (SSSR count). The first-order valence-electron chi connectivity index (χ1n) is 8.10. The van der Waals surface area contributed by atoms with E-state index in [1.807, 2.05) is 12.1 Å². The number of phenols is 1. The van der Waals surface area contributed by atoms with Gasteiger partial charge in [0, 0.05) is 29.8 Å². The number of nitrogens with zero attached hydrogens (tertiary/aromatic N) is 1. The molecule has 1 N–H and O–H groups in total. The van der Waals surface area contributed by atoms with Crippen LogP contribution >= 0.6 is 0 Å². The van der Waals surface area contributed by atoms with Gasteiger partial charge in [0.15, 0.2) is 23.0 Å². The minimum atomic E-state index is 0.0783. The standard InChI is InChI=1S/C19H21NO4/c1-20-7-6-11-4-5-15(22-2)19-18(11)13(20)8-12-9-17(23-3)14(21)10-16(12)24-19/h4-5,9-10,13,21H,6-8H2,1-3H3/t13-/m0/s1. The molecule has 0 saturated heterocycles. The van der Waals surface area contributed by atoms with E-state index in [0.717, 1.165) is 36.4 Å². The van der Waals surface area contributed by atoms with Crippen molar-refractivity contribution in [3.8, 4) is 28.7 Å². The van der Waals surface area contributed by atoms with Crippen molar-refractivity contribution in [2.75, 3.05) is 27.8 Å². The van der Waals surface area contributed by atoms with Crippen molar-refractivity contribution in [3.05, 3.63) is 41.0 Å². The van der Waals surface area contributed by atoms with Gasteiger partial charge in [0.1, 0.15) is 5.75 Å².